The van der Waals surface area contributed by atoms with Gasteiger partial charge in [0.1, 0.15) is 0 Å². The van der Waals surface area contributed by atoms with Gasteiger partial charge in [-0.05, 0) is 13.0 Å². The van der Waals surface area contributed by atoms with Crippen molar-refractivity contribution in [1.29, 1.82) is 0 Å². The van der Waals surface area contributed by atoms with Gasteiger partial charge in [-0.15, -0.1) is 0 Å². The van der Waals surface area contributed by atoms with E-state index in [-0.39, 0.29) is 6.54 Å². The topological polar surface area (TPSA) is 59.0 Å². The molecule has 110 valence electrons. The van der Waals surface area contributed by atoms with Gasteiger partial charge in [-0.25, -0.2) is 0 Å². The molecule has 1 unspecified atom stereocenters. The summed E-state index contributed by atoms with van der Waals surface area (Å²) in [5, 5.41) is 8.69. The van der Waals surface area contributed by atoms with Crippen LogP contribution in [0.3, 0.4) is 0 Å². The number of carbonyl (C=O) groups is 1. The second-order valence-corrected chi connectivity index (χ2v) is 4.88. The second-order valence-electron chi connectivity index (χ2n) is 4.88. The van der Waals surface area contributed by atoms with E-state index in [0.29, 0.717) is 32.6 Å². The molecule has 0 radical (unpaired) electrons. The van der Waals surface area contributed by atoms with E-state index in [1.165, 1.54) is 4.90 Å². The molecular weight excluding hydrogens is 267 g/mol. The maximum absolute atomic E-state index is 12.6. The lowest BCUT2D eigenvalue weighted by Crippen LogP contribution is -2.52. The first-order chi connectivity index (χ1) is 8.82. The van der Waals surface area contributed by atoms with Gasteiger partial charge in [-0.2, -0.15) is 13.2 Å². The van der Waals surface area contributed by atoms with Gasteiger partial charge in [0, 0.05) is 13.0 Å². The molecule has 2 heterocycles. The summed E-state index contributed by atoms with van der Waals surface area (Å²) in [6, 6.07) is 0. The molecule has 0 aromatic rings. The third kappa shape index (κ3) is 3.37. The van der Waals surface area contributed by atoms with Crippen molar-refractivity contribution >= 4 is 5.97 Å². The van der Waals surface area contributed by atoms with E-state index in [9.17, 15) is 18.0 Å². The van der Waals surface area contributed by atoms with Crippen LogP contribution in [0, 0.1) is 5.92 Å². The van der Waals surface area contributed by atoms with E-state index in [4.69, 9.17) is 14.6 Å². The average Bonchev–Trinajstić information content (AvgIpc) is 2.72. The molecule has 8 heteroatoms. The first-order valence-electron chi connectivity index (χ1n) is 6.12. The van der Waals surface area contributed by atoms with Gasteiger partial charge in [0.15, 0.2) is 11.7 Å². The fraction of sp³-hybridized carbons (Fsp3) is 0.909. The Morgan fingerprint density at radius 1 is 1.37 bits per heavy atom. The lowest BCUT2D eigenvalue weighted by molar-refractivity contribution is -0.212. The fourth-order valence-electron chi connectivity index (χ4n) is 2.54. The molecule has 0 aliphatic carbocycles. The van der Waals surface area contributed by atoms with Gasteiger partial charge >= 0.3 is 12.1 Å². The van der Waals surface area contributed by atoms with Gasteiger partial charge in [0.25, 0.3) is 0 Å². The molecule has 1 spiro atoms. The molecule has 0 aromatic heterocycles. The monoisotopic (exact) mass is 283 g/mol. The first kappa shape index (κ1) is 14.5. The maximum Gasteiger partial charge on any atom is 0.403 e. The summed E-state index contributed by atoms with van der Waals surface area (Å²) in [5.74, 6) is -5.06. The molecule has 2 rings (SSSR count). The third-order valence-corrected chi connectivity index (χ3v) is 3.44. The Kier molecular flexibility index (Phi) is 4.03. The molecule has 0 bridgehead atoms. The van der Waals surface area contributed by atoms with Gasteiger partial charge in [-0.1, -0.05) is 0 Å². The number of nitrogens with zero attached hydrogens (tertiary/aromatic N) is 1. The number of ether oxygens (including phenoxy) is 2. The van der Waals surface area contributed by atoms with E-state index in [2.05, 4.69) is 0 Å². The summed E-state index contributed by atoms with van der Waals surface area (Å²) in [7, 11) is 0. The van der Waals surface area contributed by atoms with Crippen LogP contribution in [0.2, 0.25) is 0 Å². The Morgan fingerprint density at radius 2 is 2.00 bits per heavy atom. The van der Waals surface area contributed by atoms with Crippen molar-refractivity contribution in [3.8, 4) is 0 Å². The van der Waals surface area contributed by atoms with Crippen molar-refractivity contribution in [3.63, 3.8) is 0 Å². The highest BCUT2D eigenvalue weighted by molar-refractivity contribution is 5.71. The van der Waals surface area contributed by atoms with Crippen LogP contribution in [0.4, 0.5) is 13.2 Å². The Labute approximate surface area is 108 Å². The number of aliphatic carboxylic acids is 1. The summed E-state index contributed by atoms with van der Waals surface area (Å²) in [6.07, 6.45) is -3.48. The van der Waals surface area contributed by atoms with Gasteiger partial charge < -0.3 is 14.6 Å². The van der Waals surface area contributed by atoms with Crippen LogP contribution in [-0.2, 0) is 14.3 Å². The first-order valence-corrected chi connectivity index (χ1v) is 6.12. The summed E-state index contributed by atoms with van der Waals surface area (Å²) in [5.41, 5.74) is 0. The number of carboxylic acids is 1. The van der Waals surface area contributed by atoms with Crippen LogP contribution in [0.5, 0.6) is 0 Å². The number of halogens is 3. The summed E-state index contributed by atoms with van der Waals surface area (Å²) in [4.78, 5) is 12.2. The molecule has 0 saturated carbocycles. The van der Waals surface area contributed by atoms with E-state index >= 15 is 0 Å². The summed E-state index contributed by atoms with van der Waals surface area (Å²) in [6.45, 7) is 0.902. The quantitative estimate of drug-likeness (QED) is 0.840. The molecule has 2 fully saturated rings. The predicted octanol–water partition coefficient (Wildman–Crippen LogP) is 1.09. The zero-order chi connectivity index (χ0) is 14.1. The molecule has 0 amide bonds. The van der Waals surface area contributed by atoms with Crippen molar-refractivity contribution in [2.45, 2.75) is 24.8 Å². The van der Waals surface area contributed by atoms with Crippen LogP contribution in [0.1, 0.15) is 12.8 Å². The standard InChI is InChI=1S/C11H16F3NO4/c12-11(13,14)8(9(16)17)6-15-3-1-2-10(7-15)18-4-5-19-10/h8H,1-7H2,(H,16,17). The largest absolute Gasteiger partial charge is 0.481 e. The number of rotatable bonds is 3. The summed E-state index contributed by atoms with van der Waals surface area (Å²) >= 11 is 0. The number of carboxylic acid groups (broad SMARTS) is 1. The number of hydrogen-bond donors (Lipinski definition) is 1. The number of hydrogen-bond acceptors (Lipinski definition) is 4. The van der Waals surface area contributed by atoms with E-state index in [1.54, 1.807) is 0 Å². The molecule has 2 saturated heterocycles. The van der Waals surface area contributed by atoms with Crippen LogP contribution in [-0.4, -0.2) is 60.8 Å². The van der Waals surface area contributed by atoms with Crippen LogP contribution < -0.4 is 0 Å². The highest BCUT2D eigenvalue weighted by atomic mass is 19.4. The van der Waals surface area contributed by atoms with E-state index in [1.807, 2.05) is 0 Å². The van der Waals surface area contributed by atoms with Crippen LogP contribution in [0.15, 0.2) is 0 Å². The molecule has 1 atom stereocenters. The minimum absolute atomic E-state index is 0.187. The molecule has 0 aromatic carbocycles. The molecule has 19 heavy (non-hydrogen) atoms. The lowest BCUT2D eigenvalue weighted by atomic mass is 10.0. The maximum atomic E-state index is 12.6. The minimum atomic E-state index is -4.74. The molecular formula is C11H16F3NO4. The van der Waals surface area contributed by atoms with Crippen molar-refractivity contribution in [2.24, 2.45) is 5.92 Å². The van der Waals surface area contributed by atoms with Gasteiger partial charge in [-0.3, -0.25) is 9.69 Å². The lowest BCUT2D eigenvalue weighted by Gasteiger charge is -2.39. The third-order valence-electron chi connectivity index (χ3n) is 3.44. The van der Waals surface area contributed by atoms with Crippen LogP contribution in [0.25, 0.3) is 0 Å². The smallest absolute Gasteiger partial charge is 0.403 e. The van der Waals surface area contributed by atoms with Crippen molar-refractivity contribution in [2.75, 3.05) is 32.8 Å². The van der Waals surface area contributed by atoms with Gasteiger partial charge in [0.05, 0.1) is 19.8 Å². The highest BCUT2D eigenvalue weighted by Gasteiger charge is 2.48. The fourth-order valence-corrected chi connectivity index (χ4v) is 2.54. The Bertz CT molecular complexity index is 341. The zero-order valence-electron chi connectivity index (χ0n) is 10.3. The number of likely N-dealkylation sites (tertiary alicyclic amines) is 1. The Morgan fingerprint density at radius 3 is 2.53 bits per heavy atom. The Hall–Kier alpha value is -0.860. The highest BCUT2D eigenvalue weighted by Crippen LogP contribution is 2.33. The number of alkyl halides is 3. The zero-order valence-corrected chi connectivity index (χ0v) is 10.3. The minimum Gasteiger partial charge on any atom is -0.481 e. The van der Waals surface area contributed by atoms with E-state index < -0.39 is 30.4 Å². The summed E-state index contributed by atoms with van der Waals surface area (Å²) < 4.78 is 48.8. The van der Waals surface area contributed by atoms with Crippen molar-refractivity contribution in [1.82, 2.24) is 4.90 Å². The van der Waals surface area contributed by atoms with Gasteiger partial charge in [0.2, 0.25) is 0 Å². The van der Waals surface area contributed by atoms with E-state index in [0.717, 1.165) is 0 Å². The number of piperidine rings is 1. The second kappa shape index (κ2) is 5.26. The molecule has 2 aliphatic heterocycles. The predicted molar refractivity (Wildman–Crippen MR) is 57.5 cm³/mol. The molecule has 1 N–H and O–H groups in total. The SMILES string of the molecule is O=C(O)C(CN1CCCC2(C1)OCCO2)C(F)(F)F. The van der Waals surface area contributed by atoms with Crippen molar-refractivity contribution < 1.29 is 32.5 Å². The molecule has 5 nitrogen and oxygen atoms in total. The molecule has 2 aliphatic rings. The normalized spacial score (nSPS) is 25.6. The Balaban J connectivity index is 1.99. The van der Waals surface area contributed by atoms with Crippen LogP contribution >= 0.6 is 0 Å². The van der Waals surface area contributed by atoms with Crippen molar-refractivity contribution in [3.05, 3.63) is 0 Å². The average molecular weight is 283 g/mol.